The molecule has 1 aliphatic heterocycles. The Morgan fingerprint density at radius 3 is 2.75 bits per heavy atom. The van der Waals surface area contributed by atoms with E-state index in [1.807, 2.05) is 12.4 Å². The summed E-state index contributed by atoms with van der Waals surface area (Å²) in [4.78, 5) is 6.60. The van der Waals surface area contributed by atoms with Crippen molar-refractivity contribution in [3.05, 3.63) is 65.1 Å². The molecule has 3 nitrogen and oxygen atoms in total. The summed E-state index contributed by atoms with van der Waals surface area (Å²) in [7, 11) is 2.24. The minimum absolute atomic E-state index is 0.486. The molecule has 0 saturated carbocycles. The zero-order chi connectivity index (χ0) is 16.7. The van der Waals surface area contributed by atoms with Crippen LogP contribution in [0.25, 0.3) is 10.9 Å². The molecule has 3 heterocycles. The van der Waals surface area contributed by atoms with Crippen molar-refractivity contribution >= 4 is 10.9 Å². The Bertz CT molecular complexity index is 864. The zero-order valence-corrected chi connectivity index (χ0v) is 14.8. The number of aryl methyl sites for hydroxylation is 3. The molecule has 0 bridgehead atoms. The average Bonchev–Trinajstić information content (AvgIpc) is 2.93. The standard InChI is InChI=1S/C21H25N3/c1-15-5-4-6-18-20-16(2)23(3)13-10-19(20)24(21(15)18)14-9-17-7-11-22-12-8-17/h4-8,11-12,16H,9-10,13-14H2,1-3H3. The molecule has 0 radical (unpaired) electrons. The number of hydrogen-bond donors (Lipinski definition) is 0. The van der Waals surface area contributed by atoms with E-state index in [1.54, 1.807) is 5.69 Å². The smallest absolute Gasteiger partial charge is 0.0515 e. The quantitative estimate of drug-likeness (QED) is 0.723. The highest BCUT2D eigenvalue weighted by atomic mass is 15.1. The van der Waals surface area contributed by atoms with Crippen molar-refractivity contribution in [2.75, 3.05) is 13.6 Å². The van der Waals surface area contributed by atoms with Crippen molar-refractivity contribution in [1.29, 1.82) is 0 Å². The maximum absolute atomic E-state index is 4.13. The molecule has 0 N–H and O–H groups in total. The number of likely N-dealkylation sites (N-methyl/N-ethyl adjacent to an activating group) is 1. The largest absolute Gasteiger partial charge is 0.344 e. The topological polar surface area (TPSA) is 21.1 Å². The molecule has 0 aliphatic carbocycles. The van der Waals surface area contributed by atoms with Crippen LogP contribution in [0.3, 0.4) is 0 Å². The summed E-state index contributed by atoms with van der Waals surface area (Å²) >= 11 is 0. The van der Waals surface area contributed by atoms with E-state index in [2.05, 4.69) is 65.7 Å². The molecule has 24 heavy (non-hydrogen) atoms. The number of para-hydroxylation sites is 1. The van der Waals surface area contributed by atoms with Crippen molar-refractivity contribution in [3.8, 4) is 0 Å². The van der Waals surface area contributed by atoms with Crippen LogP contribution in [-0.4, -0.2) is 28.0 Å². The van der Waals surface area contributed by atoms with Gasteiger partial charge in [-0.1, -0.05) is 18.2 Å². The normalized spacial score (nSPS) is 18.0. The molecular weight excluding hydrogens is 294 g/mol. The lowest BCUT2D eigenvalue weighted by Crippen LogP contribution is -2.31. The molecule has 124 valence electrons. The SMILES string of the molecule is Cc1cccc2c3c(n(CCc4ccncc4)c12)CCN(C)C3C. The van der Waals surface area contributed by atoms with Crippen LogP contribution in [0.4, 0.5) is 0 Å². The number of rotatable bonds is 3. The van der Waals surface area contributed by atoms with Gasteiger partial charge in [-0.15, -0.1) is 0 Å². The highest BCUT2D eigenvalue weighted by Gasteiger charge is 2.28. The maximum atomic E-state index is 4.13. The first-order valence-corrected chi connectivity index (χ1v) is 8.86. The van der Waals surface area contributed by atoms with Crippen LogP contribution in [0, 0.1) is 6.92 Å². The van der Waals surface area contributed by atoms with Crippen LogP contribution in [-0.2, 0) is 19.4 Å². The monoisotopic (exact) mass is 319 g/mol. The van der Waals surface area contributed by atoms with E-state index >= 15 is 0 Å². The van der Waals surface area contributed by atoms with Gasteiger partial charge in [-0.05, 0) is 56.1 Å². The van der Waals surface area contributed by atoms with Gasteiger partial charge < -0.3 is 4.57 Å². The van der Waals surface area contributed by atoms with Crippen molar-refractivity contribution < 1.29 is 0 Å². The number of hydrogen-bond acceptors (Lipinski definition) is 2. The molecule has 0 saturated heterocycles. The second kappa shape index (κ2) is 6.06. The lowest BCUT2D eigenvalue weighted by atomic mass is 9.97. The molecule has 0 amide bonds. The summed E-state index contributed by atoms with van der Waals surface area (Å²) in [6, 6.07) is 11.5. The average molecular weight is 319 g/mol. The highest BCUT2D eigenvalue weighted by molar-refractivity contribution is 5.89. The molecule has 1 aromatic carbocycles. The minimum atomic E-state index is 0.486. The summed E-state index contributed by atoms with van der Waals surface area (Å²) < 4.78 is 2.59. The molecule has 1 atom stereocenters. The van der Waals surface area contributed by atoms with Gasteiger partial charge in [0.15, 0.2) is 0 Å². The Morgan fingerprint density at radius 2 is 1.96 bits per heavy atom. The van der Waals surface area contributed by atoms with Gasteiger partial charge in [-0.3, -0.25) is 9.88 Å². The van der Waals surface area contributed by atoms with Gasteiger partial charge in [0.1, 0.15) is 0 Å². The van der Waals surface area contributed by atoms with Crippen LogP contribution in [0.5, 0.6) is 0 Å². The van der Waals surface area contributed by atoms with Crippen LogP contribution in [0.1, 0.15) is 35.3 Å². The first kappa shape index (κ1) is 15.4. The first-order chi connectivity index (χ1) is 11.7. The van der Waals surface area contributed by atoms with Gasteiger partial charge >= 0.3 is 0 Å². The molecule has 0 fully saturated rings. The molecular formula is C21H25N3. The third-order valence-electron chi connectivity index (χ3n) is 5.59. The Morgan fingerprint density at radius 1 is 1.17 bits per heavy atom. The van der Waals surface area contributed by atoms with Gasteiger partial charge in [0.2, 0.25) is 0 Å². The van der Waals surface area contributed by atoms with Gasteiger partial charge in [0.25, 0.3) is 0 Å². The van der Waals surface area contributed by atoms with Gasteiger partial charge in [-0.25, -0.2) is 0 Å². The number of aromatic nitrogens is 2. The third kappa shape index (κ3) is 2.44. The number of benzene rings is 1. The fraction of sp³-hybridized carbons (Fsp3) is 0.381. The van der Waals surface area contributed by atoms with E-state index in [-0.39, 0.29) is 0 Å². The lowest BCUT2D eigenvalue weighted by Gasteiger charge is -2.31. The fourth-order valence-corrected chi connectivity index (χ4v) is 4.14. The third-order valence-corrected chi connectivity index (χ3v) is 5.59. The van der Waals surface area contributed by atoms with Crippen molar-refractivity contribution in [3.63, 3.8) is 0 Å². The van der Waals surface area contributed by atoms with Gasteiger partial charge in [0.05, 0.1) is 5.52 Å². The second-order valence-corrected chi connectivity index (χ2v) is 7.00. The Balaban J connectivity index is 1.82. The van der Waals surface area contributed by atoms with E-state index in [1.165, 1.54) is 27.6 Å². The van der Waals surface area contributed by atoms with Crippen LogP contribution in [0.15, 0.2) is 42.7 Å². The molecule has 1 aliphatic rings. The Labute approximate surface area is 143 Å². The summed E-state index contributed by atoms with van der Waals surface area (Å²) in [5, 5.41) is 1.44. The van der Waals surface area contributed by atoms with Crippen molar-refractivity contribution in [2.45, 2.75) is 39.3 Å². The van der Waals surface area contributed by atoms with E-state index in [4.69, 9.17) is 0 Å². The van der Waals surface area contributed by atoms with Gasteiger partial charge in [-0.2, -0.15) is 0 Å². The molecule has 0 spiro atoms. The minimum Gasteiger partial charge on any atom is -0.344 e. The van der Waals surface area contributed by atoms with Crippen molar-refractivity contribution in [1.82, 2.24) is 14.5 Å². The second-order valence-electron chi connectivity index (χ2n) is 7.00. The molecule has 1 unspecified atom stereocenters. The predicted octanol–water partition coefficient (Wildman–Crippen LogP) is 4.14. The van der Waals surface area contributed by atoms with Crippen molar-refractivity contribution in [2.24, 2.45) is 0 Å². The van der Waals surface area contributed by atoms with Gasteiger partial charge in [0, 0.05) is 49.0 Å². The zero-order valence-electron chi connectivity index (χ0n) is 14.8. The van der Waals surface area contributed by atoms with E-state index < -0.39 is 0 Å². The van der Waals surface area contributed by atoms with Crippen LogP contribution in [0.2, 0.25) is 0 Å². The predicted molar refractivity (Wildman–Crippen MR) is 99.4 cm³/mol. The molecule has 3 aromatic rings. The summed E-state index contributed by atoms with van der Waals surface area (Å²) in [5.41, 5.74) is 7.25. The van der Waals surface area contributed by atoms with E-state index in [0.29, 0.717) is 6.04 Å². The summed E-state index contributed by atoms with van der Waals surface area (Å²) in [5.74, 6) is 0. The molecule has 3 heteroatoms. The summed E-state index contributed by atoms with van der Waals surface area (Å²) in [6.07, 6.45) is 5.97. The highest BCUT2D eigenvalue weighted by Crippen LogP contribution is 2.38. The van der Waals surface area contributed by atoms with E-state index in [9.17, 15) is 0 Å². The number of nitrogens with zero attached hydrogens (tertiary/aromatic N) is 3. The fourth-order valence-electron chi connectivity index (χ4n) is 4.14. The van der Waals surface area contributed by atoms with Crippen LogP contribution < -0.4 is 0 Å². The molecule has 4 rings (SSSR count). The Hall–Kier alpha value is -2.13. The van der Waals surface area contributed by atoms with Crippen LogP contribution >= 0.6 is 0 Å². The molecule has 2 aromatic heterocycles. The number of pyridine rings is 1. The van der Waals surface area contributed by atoms with E-state index in [0.717, 1.165) is 25.9 Å². The number of fused-ring (bicyclic) bond motifs is 3. The summed E-state index contributed by atoms with van der Waals surface area (Å²) in [6.45, 7) is 6.76. The Kier molecular flexibility index (Phi) is 3.89. The first-order valence-electron chi connectivity index (χ1n) is 8.86. The lowest BCUT2D eigenvalue weighted by molar-refractivity contribution is 0.245. The maximum Gasteiger partial charge on any atom is 0.0515 e.